The number of nitrogens with one attached hydrogen (secondary N) is 1. The largest absolute Gasteiger partial charge is 0.448 e. The van der Waals surface area contributed by atoms with Crippen LogP contribution in [-0.2, 0) is 9.47 Å². The maximum absolute atomic E-state index is 10.4. The lowest BCUT2D eigenvalue weighted by atomic mass is 10.1. The van der Waals surface area contributed by atoms with Crippen LogP contribution in [0.25, 0.3) is 0 Å². The molecule has 0 aliphatic heterocycles. The Bertz CT molecular complexity index is 330. The second kappa shape index (κ2) is 7.65. The summed E-state index contributed by atoms with van der Waals surface area (Å²) in [5.74, 6) is 0. The summed E-state index contributed by atoms with van der Waals surface area (Å²) in [5, 5.41) is 3.23. The van der Waals surface area contributed by atoms with Gasteiger partial charge in [0.05, 0.1) is 12.6 Å². The molecule has 0 fully saturated rings. The van der Waals surface area contributed by atoms with Gasteiger partial charge in [-0.25, -0.2) is 4.79 Å². The van der Waals surface area contributed by atoms with Crippen molar-refractivity contribution >= 4 is 6.09 Å². The molecule has 1 atom stereocenters. The van der Waals surface area contributed by atoms with Crippen molar-refractivity contribution < 1.29 is 14.3 Å². The third-order valence-electron chi connectivity index (χ3n) is 2.27. The van der Waals surface area contributed by atoms with E-state index in [-0.39, 0.29) is 12.6 Å². The summed E-state index contributed by atoms with van der Waals surface area (Å²) >= 11 is 0. The van der Waals surface area contributed by atoms with Crippen LogP contribution in [0.15, 0.2) is 30.3 Å². The zero-order valence-corrected chi connectivity index (χ0v) is 9.89. The van der Waals surface area contributed by atoms with Crippen LogP contribution in [0.5, 0.6) is 0 Å². The Morgan fingerprint density at radius 2 is 2.12 bits per heavy atom. The molecule has 1 rings (SSSR count). The second-order valence-electron chi connectivity index (χ2n) is 3.54. The van der Waals surface area contributed by atoms with Gasteiger partial charge in [0.15, 0.2) is 0 Å². The molecule has 0 heterocycles. The van der Waals surface area contributed by atoms with Crippen molar-refractivity contribution in [3.8, 4) is 0 Å². The van der Waals surface area contributed by atoms with E-state index in [0.29, 0.717) is 13.2 Å². The maximum atomic E-state index is 10.4. The number of methoxy groups -OCH3 is 1. The number of primary amides is 1. The minimum Gasteiger partial charge on any atom is -0.448 e. The number of carbonyl (C=O) groups is 1. The molecule has 5 nitrogen and oxygen atoms in total. The normalized spacial score (nSPS) is 12.1. The van der Waals surface area contributed by atoms with Crippen molar-refractivity contribution in [2.45, 2.75) is 6.04 Å². The number of amides is 1. The van der Waals surface area contributed by atoms with Crippen molar-refractivity contribution in [3.63, 3.8) is 0 Å². The lowest BCUT2D eigenvalue weighted by Gasteiger charge is -2.18. The number of carbonyl (C=O) groups excluding carboxylic acids is 1. The molecule has 0 radical (unpaired) electrons. The molecule has 94 valence electrons. The smallest absolute Gasteiger partial charge is 0.404 e. The molecule has 5 heteroatoms. The van der Waals surface area contributed by atoms with Crippen molar-refractivity contribution in [1.82, 2.24) is 5.32 Å². The van der Waals surface area contributed by atoms with E-state index in [0.717, 1.165) is 5.56 Å². The molecular formula is C12H18N2O3. The second-order valence-corrected chi connectivity index (χ2v) is 3.54. The quantitative estimate of drug-likeness (QED) is 0.697. The minimum atomic E-state index is -0.755. The zero-order valence-electron chi connectivity index (χ0n) is 9.89. The molecule has 3 N–H and O–H groups in total. The first-order valence-electron chi connectivity index (χ1n) is 5.43. The number of nitrogens with two attached hydrogens (primary N) is 1. The first-order valence-corrected chi connectivity index (χ1v) is 5.43. The van der Waals surface area contributed by atoms with Gasteiger partial charge in [0.2, 0.25) is 0 Å². The molecule has 0 bridgehead atoms. The fourth-order valence-corrected chi connectivity index (χ4v) is 1.51. The summed E-state index contributed by atoms with van der Waals surface area (Å²) in [4.78, 5) is 10.4. The van der Waals surface area contributed by atoms with Crippen molar-refractivity contribution in [3.05, 3.63) is 35.9 Å². The molecular weight excluding hydrogens is 220 g/mol. The summed E-state index contributed by atoms with van der Waals surface area (Å²) in [6.45, 7) is 1.34. The van der Waals surface area contributed by atoms with E-state index in [1.165, 1.54) is 0 Å². The molecule has 1 aromatic carbocycles. The lowest BCUT2D eigenvalue weighted by Crippen LogP contribution is -2.29. The monoisotopic (exact) mass is 238 g/mol. The van der Waals surface area contributed by atoms with Gasteiger partial charge in [-0.15, -0.1) is 0 Å². The molecule has 1 unspecified atom stereocenters. The highest BCUT2D eigenvalue weighted by Gasteiger charge is 2.09. The van der Waals surface area contributed by atoms with Gasteiger partial charge in [0, 0.05) is 13.7 Å². The summed E-state index contributed by atoms with van der Waals surface area (Å²) < 4.78 is 9.78. The fourth-order valence-electron chi connectivity index (χ4n) is 1.51. The van der Waals surface area contributed by atoms with Gasteiger partial charge in [-0.2, -0.15) is 0 Å². The highest BCUT2D eigenvalue weighted by Crippen LogP contribution is 2.12. The van der Waals surface area contributed by atoms with Gasteiger partial charge in [-0.1, -0.05) is 30.3 Å². The Labute approximate surface area is 101 Å². The average molecular weight is 238 g/mol. The Morgan fingerprint density at radius 3 is 2.71 bits per heavy atom. The molecule has 0 saturated heterocycles. The molecule has 0 aromatic heterocycles. The van der Waals surface area contributed by atoms with E-state index in [1.54, 1.807) is 7.11 Å². The van der Waals surface area contributed by atoms with Gasteiger partial charge >= 0.3 is 6.09 Å². The Kier molecular flexibility index (Phi) is 6.06. The Morgan fingerprint density at radius 1 is 1.41 bits per heavy atom. The van der Waals surface area contributed by atoms with Gasteiger partial charge in [0.1, 0.15) is 6.61 Å². The molecule has 1 aromatic rings. The topological polar surface area (TPSA) is 73.6 Å². The summed E-state index contributed by atoms with van der Waals surface area (Å²) in [5.41, 5.74) is 6.00. The van der Waals surface area contributed by atoms with Gasteiger partial charge in [-0.3, -0.25) is 0 Å². The number of benzene rings is 1. The standard InChI is InChI=1S/C12H18N2O3/c1-16-9-11(10-5-3-2-4-6-10)14-7-8-17-12(13)15/h2-6,11,14H,7-9H2,1H3,(H2,13,15). The number of rotatable bonds is 7. The van der Waals surface area contributed by atoms with Crippen LogP contribution in [-0.4, -0.2) is 33.0 Å². The Hall–Kier alpha value is -1.59. The van der Waals surface area contributed by atoms with Gasteiger partial charge in [0.25, 0.3) is 0 Å². The minimum absolute atomic E-state index is 0.0812. The van der Waals surface area contributed by atoms with Crippen LogP contribution in [0.2, 0.25) is 0 Å². The van der Waals surface area contributed by atoms with Crippen LogP contribution in [0.3, 0.4) is 0 Å². The van der Waals surface area contributed by atoms with Crippen LogP contribution in [0.4, 0.5) is 4.79 Å². The van der Waals surface area contributed by atoms with Crippen molar-refractivity contribution in [2.24, 2.45) is 5.73 Å². The maximum Gasteiger partial charge on any atom is 0.404 e. The fraction of sp³-hybridized carbons (Fsp3) is 0.417. The number of hydrogen-bond donors (Lipinski definition) is 2. The highest BCUT2D eigenvalue weighted by atomic mass is 16.5. The van der Waals surface area contributed by atoms with Crippen LogP contribution < -0.4 is 11.1 Å². The third kappa shape index (κ3) is 5.33. The summed E-state index contributed by atoms with van der Waals surface area (Å²) in [7, 11) is 1.65. The SMILES string of the molecule is COCC(NCCOC(N)=O)c1ccccc1. The molecule has 17 heavy (non-hydrogen) atoms. The molecule has 0 aliphatic rings. The first kappa shape index (κ1) is 13.5. The van der Waals surface area contributed by atoms with E-state index in [4.69, 9.17) is 10.5 Å². The summed E-state index contributed by atoms with van der Waals surface area (Å²) in [6.07, 6.45) is -0.755. The highest BCUT2D eigenvalue weighted by molar-refractivity contribution is 5.64. The summed E-state index contributed by atoms with van der Waals surface area (Å²) in [6, 6.07) is 10.0. The third-order valence-corrected chi connectivity index (χ3v) is 2.27. The Balaban J connectivity index is 2.41. The van der Waals surface area contributed by atoms with E-state index < -0.39 is 6.09 Å². The number of hydrogen-bond acceptors (Lipinski definition) is 4. The number of ether oxygens (including phenoxy) is 2. The lowest BCUT2D eigenvalue weighted by molar-refractivity contribution is 0.144. The van der Waals surface area contributed by atoms with Crippen molar-refractivity contribution in [2.75, 3.05) is 26.9 Å². The van der Waals surface area contributed by atoms with Crippen LogP contribution in [0, 0.1) is 0 Å². The van der Waals surface area contributed by atoms with Gasteiger partial charge < -0.3 is 20.5 Å². The van der Waals surface area contributed by atoms with Gasteiger partial charge in [-0.05, 0) is 5.56 Å². The molecule has 0 saturated carbocycles. The molecule has 0 spiro atoms. The average Bonchev–Trinajstić information content (AvgIpc) is 2.34. The molecule has 0 aliphatic carbocycles. The van der Waals surface area contributed by atoms with E-state index in [2.05, 4.69) is 10.1 Å². The molecule has 1 amide bonds. The van der Waals surface area contributed by atoms with Crippen LogP contribution >= 0.6 is 0 Å². The zero-order chi connectivity index (χ0) is 12.5. The van der Waals surface area contributed by atoms with Crippen molar-refractivity contribution in [1.29, 1.82) is 0 Å². The first-order chi connectivity index (χ1) is 8.24. The van der Waals surface area contributed by atoms with Crippen LogP contribution in [0.1, 0.15) is 11.6 Å². The van der Waals surface area contributed by atoms with E-state index in [9.17, 15) is 4.79 Å². The predicted octanol–water partition coefficient (Wildman–Crippen LogP) is 1.06. The van der Waals surface area contributed by atoms with E-state index >= 15 is 0 Å². The predicted molar refractivity (Wildman–Crippen MR) is 64.6 cm³/mol. The van der Waals surface area contributed by atoms with E-state index in [1.807, 2.05) is 30.3 Å².